The Hall–Kier alpha value is -3.20. The van der Waals surface area contributed by atoms with Crippen LogP contribution < -0.4 is 10.6 Å². The summed E-state index contributed by atoms with van der Waals surface area (Å²) in [6.07, 6.45) is 0.195. The summed E-state index contributed by atoms with van der Waals surface area (Å²) in [6, 6.07) is 9.51. The molecule has 12 heteroatoms. The Labute approximate surface area is 201 Å². The third-order valence-electron chi connectivity index (χ3n) is 6.39. The number of nitrogens with one attached hydrogen (secondary N) is 2. The second-order valence-electron chi connectivity index (χ2n) is 8.84. The Balaban J connectivity index is 1.47. The van der Waals surface area contributed by atoms with Crippen molar-refractivity contribution in [3.8, 4) is 0 Å². The number of fused-ring (bicyclic) bond motifs is 1. The predicted molar refractivity (Wildman–Crippen MR) is 125 cm³/mol. The lowest BCUT2D eigenvalue weighted by Gasteiger charge is -2.42. The first kappa shape index (κ1) is 23.9. The van der Waals surface area contributed by atoms with Crippen molar-refractivity contribution >= 4 is 50.9 Å². The molecule has 0 spiro atoms. The molecule has 1 fully saturated rings. The highest BCUT2D eigenvalue weighted by Crippen LogP contribution is 2.35. The van der Waals surface area contributed by atoms with Crippen LogP contribution in [0.15, 0.2) is 42.5 Å². The number of piperidine rings is 1. The van der Waals surface area contributed by atoms with Gasteiger partial charge >= 0.3 is 5.92 Å². The van der Waals surface area contributed by atoms with E-state index in [4.69, 9.17) is 11.6 Å². The van der Waals surface area contributed by atoms with Crippen LogP contribution in [0, 0.1) is 0 Å². The van der Waals surface area contributed by atoms with E-state index < -0.39 is 34.6 Å². The number of hydrogen-bond donors (Lipinski definition) is 2. The molecular weight excluding hydrogens is 465 g/mol. The number of imide groups is 1. The monoisotopic (exact) mass is 485 g/mol. The van der Waals surface area contributed by atoms with E-state index >= 15 is 0 Å². The van der Waals surface area contributed by atoms with Crippen LogP contribution in [0.4, 0.5) is 8.78 Å². The standard InChI is InChI=1S/C22H20B2ClF2N3O4/c23-16-8-21(24,19(33)29-17(16)31)30-10-12-7-11(1-6-15(12)18(30)32)9-28-20(34)22(26,27)13-2-4-14(25)5-3-13/h1-7,16H,8-10,23-24H2,(H,28,34)(H,29,31,33). The first-order valence-electron chi connectivity index (χ1n) is 10.6. The van der Waals surface area contributed by atoms with Crippen molar-refractivity contribution in [2.45, 2.75) is 36.7 Å². The van der Waals surface area contributed by atoms with E-state index in [1.165, 1.54) is 17.0 Å². The molecule has 174 valence electrons. The summed E-state index contributed by atoms with van der Waals surface area (Å²) in [7, 11) is 3.31. The molecule has 2 aromatic carbocycles. The largest absolute Gasteiger partial charge is 0.349 e. The van der Waals surface area contributed by atoms with Crippen molar-refractivity contribution in [1.29, 1.82) is 0 Å². The third kappa shape index (κ3) is 4.09. The number of carbonyl (C=O) groups excluding carboxylic acids is 4. The smallest absolute Gasteiger partial charge is 0.346 e. The molecule has 2 N–H and O–H groups in total. The molecule has 2 atom stereocenters. The predicted octanol–water partition coefficient (Wildman–Crippen LogP) is 0.501. The van der Waals surface area contributed by atoms with Crippen molar-refractivity contribution in [1.82, 2.24) is 15.5 Å². The zero-order valence-electron chi connectivity index (χ0n) is 18.5. The Kier molecular flexibility index (Phi) is 6.01. The summed E-state index contributed by atoms with van der Waals surface area (Å²) in [5.74, 6) is -6.90. The molecule has 2 aromatic rings. The summed E-state index contributed by atoms with van der Waals surface area (Å²) in [5.41, 5.74) is -0.148. The average Bonchev–Trinajstić information content (AvgIpc) is 3.13. The first-order chi connectivity index (χ1) is 15.9. The number of rotatable bonds is 5. The Bertz CT molecular complexity index is 1210. The molecule has 2 heterocycles. The molecular formula is C22H20B2ClF2N3O4. The lowest BCUT2D eigenvalue weighted by molar-refractivity contribution is -0.147. The zero-order chi connectivity index (χ0) is 24.8. The molecule has 4 rings (SSSR count). The van der Waals surface area contributed by atoms with E-state index in [9.17, 15) is 28.0 Å². The minimum absolute atomic E-state index is 0.127. The first-order valence-corrected chi connectivity index (χ1v) is 11.0. The van der Waals surface area contributed by atoms with E-state index in [1.54, 1.807) is 33.9 Å². The van der Waals surface area contributed by atoms with Crippen molar-refractivity contribution in [2.24, 2.45) is 0 Å². The van der Waals surface area contributed by atoms with Crippen LogP contribution in [-0.4, -0.2) is 49.7 Å². The zero-order valence-corrected chi connectivity index (χ0v) is 19.2. The quantitative estimate of drug-likeness (QED) is 0.477. The van der Waals surface area contributed by atoms with Crippen molar-refractivity contribution in [3.05, 3.63) is 69.7 Å². The van der Waals surface area contributed by atoms with E-state index in [-0.39, 0.29) is 36.3 Å². The number of benzene rings is 2. The van der Waals surface area contributed by atoms with Gasteiger partial charge in [-0.25, -0.2) is 0 Å². The summed E-state index contributed by atoms with van der Waals surface area (Å²) in [4.78, 5) is 51.0. The van der Waals surface area contributed by atoms with Gasteiger partial charge in [-0.3, -0.25) is 24.5 Å². The lowest BCUT2D eigenvalue weighted by Crippen LogP contribution is -2.64. The Morgan fingerprint density at radius 3 is 2.56 bits per heavy atom. The van der Waals surface area contributed by atoms with E-state index in [2.05, 4.69) is 10.6 Å². The van der Waals surface area contributed by atoms with Gasteiger partial charge in [0.15, 0.2) is 0 Å². The number of halogens is 3. The van der Waals surface area contributed by atoms with Crippen molar-refractivity contribution in [2.75, 3.05) is 0 Å². The molecule has 0 aromatic heterocycles. The summed E-state index contributed by atoms with van der Waals surface area (Å²) in [6.45, 7) is -0.0471. The molecule has 0 saturated carbocycles. The van der Waals surface area contributed by atoms with Crippen molar-refractivity contribution < 1.29 is 28.0 Å². The Morgan fingerprint density at radius 2 is 1.88 bits per heavy atom. The highest BCUT2D eigenvalue weighted by Gasteiger charge is 2.50. The molecule has 7 nitrogen and oxygen atoms in total. The fraction of sp³-hybridized carbons (Fsp3) is 0.273. The van der Waals surface area contributed by atoms with E-state index in [1.807, 2.05) is 0 Å². The van der Waals surface area contributed by atoms with E-state index in [0.717, 1.165) is 12.1 Å². The number of amides is 4. The lowest BCUT2D eigenvalue weighted by atomic mass is 9.62. The number of hydrogen-bond acceptors (Lipinski definition) is 4. The van der Waals surface area contributed by atoms with Gasteiger partial charge in [0, 0.05) is 35.1 Å². The van der Waals surface area contributed by atoms with Crippen LogP contribution >= 0.6 is 11.6 Å². The van der Waals surface area contributed by atoms with Gasteiger partial charge < -0.3 is 10.2 Å². The fourth-order valence-electron chi connectivity index (χ4n) is 4.35. The van der Waals surface area contributed by atoms with Gasteiger partial charge in [-0.05, 0) is 35.7 Å². The normalized spacial score (nSPS) is 22.4. The van der Waals surface area contributed by atoms with Crippen LogP contribution in [0.3, 0.4) is 0 Å². The summed E-state index contributed by atoms with van der Waals surface area (Å²) >= 11 is 5.72. The SMILES string of the molecule is BC1CC(B)(N2Cc3cc(CNC(=O)C(F)(F)c4ccc(Cl)cc4)ccc3C2=O)C(=O)NC1=O. The highest BCUT2D eigenvalue weighted by molar-refractivity contribution is 6.36. The fourth-order valence-corrected chi connectivity index (χ4v) is 4.48. The molecule has 0 bridgehead atoms. The van der Waals surface area contributed by atoms with E-state index in [0.29, 0.717) is 16.7 Å². The topological polar surface area (TPSA) is 95.6 Å². The van der Waals surface area contributed by atoms with Gasteiger partial charge in [-0.2, -0.15) is 8.78 Å². The third-order valence-corrected chi connectivity index (χ3v) is 6.64. The second-order valence-corrected chi connectivity index (χ2v) is 9.28. The Morgan fingerprint density at radius 1 is 1.21 bits per heavy atom. The molecule has 2 aliphatic rings. The van der Waals surface area contributed by atoms with Gasteiger partial charge in [-0.1, -0.05) is 35.9 Å². The van der Waals surface area contributed by atoms with Crippen LogP contribution in [0.5, 0.6) is 0 Å². The van der Waals surface area contributed by atoms with Crippen LogP contribution in [0.1, 0.15) is 33.5 Å². The van der Waals surface area contributed by atoms with Crippen molar-refractivity contribution in [3.63, 3.8) is 0 Å². The average molecular weight is 485 g/mol. The minimum Gasteiger partial charge on any atom is -0.346 e. The molecule has 2 unspecified atom stereocenters. The van der Waals surface area contributed by atoms with Gasteiger partial charge in [0.05, 0.1) is 5.44 Å². The minimum atomic E-state index is -3.74. The molecule has 0 radical (unpaired) electrons. The number of alkyl halides is 2. The van der Waals surface area contributed by atoms with Gasteiger partial charge in [-0.15, -0.1) is 0 Å². The van der Waals surface area contributed by atoms with Crippen LogP contribution in [-0.2, 0) is 33.4 Å². The maximum atomic E-state index is 14.5. The summed E-state index contributed by atoms with van der Waals surface area (Å²) < 4.78 is 29.0. The molecule has 1 saturated heterocycles. The second kappa shape index (κ2) is 8.54. The highest BCUT2D eigenvalue weighted by atomic mass is 35.5. The number of carbonyl (C=O) groups is 4. The molecule has 0 aliphatic carbocycles. The maximum absolute atomic E-state index is 14.5. The van der Waals surface area contributed by atoms with Crippen LogP contribution in [0.2, 0.25) is 10.8 Å². The van der Waals surface area contributed by atoms with Gasteiger partial charge in [0.1, 0.15) is 15.7 Å². The molecule has 2 aliphatic heterocycles. The number of nitrogens with zero attached hydrogens (tertiary/aromatic N) is 1. The molecule has 4 amide bonds. The van der Waals surface area contributed by atoms with Gasteiger partial charge in [0.2, 0.25) is 11.8 Å². The summed E-state index contributed by atoms with van der Waals surface area (Å²) in [5, 5.41) is 4.83. The maximum Gasteiger partial charge on any atom is 0.349 e. The molecule has 34 heavy (non-hydrogen) atoms. The van der Waals surface area contributed by atoms with Crippen LogP contribution in [0.25, 0.3) is 0 Å². The van der Waals surface area contributed by atoms with Gasteiger partial charge in [0.25, 0.3) is 11.8 Å².